The van der Waals surface area contributed by atoms with Gasteiger partial charge in [0, 0.05) is 5.92 Å². The van der Waals surface area contributed by atoms with Crippen LogP contribution >= 0.6 is 0 Å². The summed E-state index contributed by atoms with van der Waals surface area (Å²) in [7, 11) is 0. The fourth-order valence-corrected chi connectivity index (χ4v) is 2.11. The number of hydrogen-bond donors (Lipinski definition) is 0. The van der Waals surface area contributed by atoms with Crippen molar-refractivity contribution in [3.63, 3.8) is 0 Å². The second kappa shape index (κ2) is 4.39. The number of ketones is 1. The highest BCUT2D eigenvalue weighted by Gasteiger charge is 2.40. The first-order chi connectivity index (χ1) is 7.08. The van der Waals surface area contributed by atoms with Crippen LogP contribution in [0.2, 0.25) is 0 Å². The van der Waals surface area contributed by atoms with Gasteiger partial charge in [0.1, 0.15) is 12.1 Å². The Morgan fingerprint density at radius 2 is 2.33 bits per heavy atom. The Bertz CT molecular complexity index is 350. The van der Waals surface area contributed by atoms with Crippen molar-refractivity contribution < 1.29 is 9.59 Å². The molecule has 0 aromatic carbocycles. The third kappa shape index (κ3) is 1.84. The maximum absolute atomic E-state index is 11.7. The SMILES string of the molecule is C=CC[C@]1(C(C)=O)C=CC=C(C=O)[C@H]1C. The largest absolute Gasteiger partial charge is 0.299 e. The molecule has 1 aliphatic carbocycles. The second-order valence-corrected chi connectivity index (χ2v) is 3.95. The van der Waals surface area contributed by atoms with Crippen molar-refractivity contribution in [2.24, 2.45) is 11.3 Å². The molecule has 0 radical (unpaired) electrons. The fraction of sp³-hybridized carbons (Fsp3) is 0.385. The van der Waals surface area contributed by atoms with Crippen molar-refractivity contribution in [2.75, 3.05) is 0 Å². The smallest absolute Gasteiger partial charge is 0.146 e. The van der Waals surface area contributed by atoms with E-state index in [1.54, 1.807) is 25.2 Å². The van der Waals surface area contributed by atoms with Crippen LogP contribution in [-0.2, 0) is 9.59 Å². The van der Waals surface area contributed by atoms with E-state index in [0.29, 0.717) is 12.0 Å². The molecule has 2 atom stereocenters. The minimum Gasteiger partial charge on any atom is -0.299 e. The van der Waals surface area contributed by atoms with E-state index in [1.807, 2.05) is 13.0 Å². The summed E-state index contributed by atoms with van der Waals surface area (Å²) in [5.74, 6) is 0.00843. The number of aldehydes is 1. The van der Waals surface area contributed by atoms with Crippen molar-refractivity contribution >= 4 is 12.1 Å². The van der Waals surface area contributed by atoms with Crippen LogP contribution in [0.5, 0.6) is 0 Å². The Morgan fingerprint density at radius 1 is 1.67 bits per heavy atom. The summed E-state index contributed by atoms with van der Waals surface area (Å²) in [6.45, 7) is 7.15. The third-order valence-corrected chi connectivity index (χ3v) is 3.23. The Labute approximate surface area is 90.4 Å². The second-order valence-electron chi connectivity index (χ2n) is 3.95. The van der Waals surface area contributed by atoms with Gasteiger partial charge < -0.3 is 0 Å². The van der Waals surface area contributed by atoms with Crippen molar-refractivity contribution in [2.45, 2.75) is 20.3 Å². The Morgan fingerprint density at radius 3 is 2.80 bits per heavy atom. The van der Waals surface area contributed by atoms with E-state index in [2.05, 4.69) is 6.58 Å². The van der Waals surface area contributed by atoms with Gasteiger partial charge in [-0.2, -0.15) is 0 Å². The van der Waals surface area contributed by atoms with Crippen LogP contribution in [0.3, 0.4) is 0 Å². The maximum Gasteiger partial charge on any atom is 0.146 e. The van der Waals surface area contributed by atoms with Crippen LogP contribution in [-0.4, -0.2) is 12.1 Å². The summed E-state index contributed by atoms with van der Waals surface area (Å²) in [6, 6.07) is 0. The van der Waals surface area contributed by atoms with E-state index in [-0.39, 0.29) is 11.7 Å². The number of hydrogen-bond acceptors (Lipinski definition) is 2. The molecule has 0 bridgehead atoms. The molecule has 0 saturated carbocycles. The molecule has 1 aliphatic rings. The van der Waals surface area contributed by atoms with E-state index in [0.717, 1.165) is 6.29 Å². The van der Waals surface area contributed by atoms with Gasteiger partial charge in [-0.1, -0.05) is 31.2 Å². The first-order valence-corrected chi connectivity index (χ1v) is 5.05. The maximum atomic E-state index is 11.7. The molecule has 0 heterocycles. The molecular weight excluding hydrogens is 188 g/mol. The number of carbonyl (C=O) groups excluding carboxylic acids is 2. The zero-order chi connectivity index (χ0) is 11.5. The predicted octanol–water partition coefficient (Wildman–Crippen LogP) is 2.47. The van der Waals surface area contributed by atoms with Gasteiger partial charge in [-0.3, -0.25) is 9.59 Å². The van der Waals surface area contributed by atoms with Gasteiger partial charge in [-0.25, -0.2) is 0 Å². The van der Waals surface area contributed by atoms with Crippen LogP contribution in [0.15, 0.2) is 36.5 Å². The molecule has 0 amide bonds. The topological polar surface area (TPSA) is 34.1 Å². The lowest BCUT2D eigenvalue weighted by Crippen LogP contribution is -2.36. The lowest BCUT2D eigenvalue weighted by atomic mass is 9.66. The zero-order valence-electron chi connectivity index (χ0n) is 9.19. The van der Waals surface area contributed by atoms with E-state index in [4.69, 9.17) is 0 Å². The van der Waals surface area contributed by atoms with E-state index < -0.39 is 5.41 Å². The van der Waals surface area contributed by atoms with Gasteiger partial charge in [0.25, 0.3) is 0 Å². The molecule has 0 saturated heterocycles. The highest BCUT2D eigenvalue weighted by atomic mass is 16.1. The molecule has 0 fully saturated rings. The summed E-state index contributed by atoms with van der Waals surface area (Å²) < 4.78 is 0. The average molecular weight is 204 g/mol. The van der Waals surface area contributed by atoms with Gasteiger partial charge in [0.15, 0.2) is 0 Å². The first kappa shape index (κ1) is 11.6. The molecule has 2 nitrogen and oxygen atoms in total. The molecular formula is C13H16O2. The van der Waals surface area contributed by atoms with Gasteiger partial charge in [-0.15, -0.1) is 6.58 Å². The van der Waals surface area contributed by atoms with E-state index in [9.17, 15) is 9.59 Å². The lowest BCUT2D eigenvalue weighted by molar-refractivity contribution is -0.125. The van der Waals surface area contributed by atoms with Gasteiger partial charge in [0.2, 0.25) is 0 Å². The number of allylic oxidation sites excluding steroid dienone is 5. The summed E-state index contributed by atoms with van der Waals surface area (Å²) in [6.07, 6.45) is 8.57. The van der Waals surface area contributed by atoms with Crippen molar-refractivity contribution in [3.8, 4) is 0 Å². The highest BCUT2D eigenvalue weighted by Crippen LogP contribution is 2.41. The fourth-order valence-electron chi connectivity index (χ4n) is 2.11. The molecule has 2 heteroatoms. The van der Waals surface area contributed by atoms with Crippen molar-refractivity contribution in [3.05, 3.63) is 36.5 Å². The van der Waals surface area contributed by atoms with Crippen LogP contribution in [0, 0.1) is 11.3 Å². The average Bonchev–Trinajstić information content (AvgIpc) is 2.21. The molecule has 1 rings (SSSR count). The Kier molecular flexibility index (Phi) is 3.40. The van der Waals surface area contributed by atoms with Gasteiger partial charge >= 0.3 is 0 Å². The van der Waals surface area contributed by atoms with Crippen LogP contribution in [0.1, 0.15) is 20.3 Å². The standard InChI is InChI=1S/C13H16O2/c1-4-7-13(11(3)15)8-5-6-12(9-14)10(13)2/h4-6,8-10H,1,7H2,2-3H3/t10-,13+/m1/s1. The molecule has 0 unspecified atom stereocenters. The van der Waals surface area contributed by atoms with Crippen LogP contribution in [0.4, 0.5) is 0 Å². The van der Waals surface area contributed by atoms with E-state index >= 15 is 0 Å². The molecule has 15 heavy (non-hydrogen) atoms. The van der Waals surface area contributed by atoms with Gasteiger partial charge in [-0.05, 0) is 18.9 Å². The number of carbonyl (C=O) groups is 2. The third-order valence-electron chi connectivity index (χ3n) is 3.23. The summed E-state index contributed by atoms with van der Waals surface area (Å²) in [5.41, 5.74) is 0.0989. The normalized spacial score (nSPS) is 29.5. The van der Waals surface area contributed by atoms with Gasteiger partial charge in [0.05, 0.1) is 5.41 Å². The zero-order valence-corrected chi connectivity index (χ0v) is 9.19. The Hall–Kier alpha value is -1.44. The lowest BCUT2D eigenvalue weighted by Gasteiger charge is -2.35. The predicted molar refractivity (Wildman–Crippen MR) is 60.4 cm³/mol. The quantitative estimate of drug-likeness (QED) is 0.520. The summed E-state index contributed by atoms with van der Waals surface area (Å²) in [4.78, 5) is 22.6. The molecule has 0 aromatic heterocycles. The molecule has 0 aliphatic heterocycles. The number of Topliss-reactive ketones (excluding diaryl/α,β-unsaturated/α-hetero) is 1. The summed E-state index contributed by atoms with van der Waals surface area (Å²) in [5, 5.41) is 0. The molecule has 80 valence electrons. The Balaban J connectivity index is 3.16. The van der Waals surface area contributed by atoms with E-state index in [1.165, 1.54) is 0 Å². The van der Waals surface area contributed by atoms with Crippen molar-refractivity contribution in [1.82, 2.24) is 0 Å². The number of rotatable bonds is 4. The minimum atomic E-state index is -0.577. The summed E-state index contributed by atoms with van der Waals surface area (Å²) >= 11 is 0. The molecule has 0 spiro atoms. The first-order valence-electron chi connectivity index (χ1n) is 5.05. The molecule has 0 aromatic rings. The van der Waals surface area contributed by atoms with Crippen LogP contribution in [0.25, 0.3) is 0 Å². The highest BCUT2D eigenvalue weighted by molar-refractivity contribution is 5.88. The minimum absolute atomic E-state index is 0.0736. The van der Waals surface area contributed by atoms with Crippen LogP contribution < -0.4 is 0 Å². The monoisotopic (exact) mass is 204 g/mol. The van der Waals surface area contributed by atoms with Crippen molar-refractivity contribution in [1.29, 1.82) is 0 Å². The molecule has 0 N–H and O–H groups in total.